The molecular formula is C13H15BrF3NO2S. The molecule has 1 aliphatic heterocycles. The first-order valence-corrected chi connectivity index (χ1v) is 9.08. The molecule has 1 aromatic rings. The number of nitrogens with zero attached hydrogens (tertiary/aromatic N) is 1. The Bertz CT molecular complexity index is 604. The number of rotatable bonds is 3. The summed E-state index contributed by atoms with van der Waals surface area (Å²) in [4.78, 5) is -0.301. The first-order valence-electron chi connectivity index (χ1n) is 6.52. The van der Waals surface area contributed by atoms with Gasteiger partial charge in [0.25, 0.3) is 0 Å². The van der Waals surface area contributed by atoms with E-state index in [1.165, 1.54) is 10.4 Å². The first-order chi connectivity index (χ1) is 9.76. The highest BCUT2D eigenvalue weighted by Crippen LogP contribution is 2.32. The average molecular weight is 386 g/mol. The van der Waals surface area contributed by atoms with Gasteiger partial charge in [-0.25, -0.2) is 8.42 Å². The molecule has 1 saturated heterocycles. The van der Waals surface area contributed by atoms with E-state index >= 15 is 0 Å². The van der Waals surface area contributed by atoms with E-state index in [9.17, 15) is 21.6 Å². The van der Waals surface area contributed by atoms with Crippen LogP contribution in [0.25, 0.3) is 0 Å². The average Bonchev–Trinajstić information content (AvgIpc) is 2.46. The van der Waals surface area contributed by atoms with Crippen LogP contribution in [0, 0.1) is 0 Å². The number of sulfonamides is 1. The lowest BCUT2D eigenvalue weighted by Gasteiger charge is -2.33. The smallest absolute Gasteiger partial charge is 0.207 e. The lowest BCUT2D eigenvalue weighted by molar-refractivity contribution is -0.137. The van der Waals surface area contributed by atoms with Crippen molar-refractivity contribution in [1.82, 2.24) is 4.31 Å². The van der Waals surface area contributed by atoms with Crippen molar-refractivity contribution in [3.8, 4) is 0 Å². The van der Waals surface area contributed by atoms with Crippen LogP contribution in [0.15, 0.2) is 29.2 Å². The fraction of sp³-hybridized carbons (Fsp3) is 0.538. The van der Waals surface area contributed by atoms with Gasteiger partial charge in [-0.15, -0.1) is 0 Å². The van der Waals surface area contributed by atoms with Gasteiger partial charge < -0.3 is 0 Å². The zero-order valence-corrected chi connectivity index (χ0v) is 13.5. The van der Waals surface area contributed by atoms with Crippen molar-refractivity contribution in [3.05, 3.63) is 29.8 Å². The molecule has 0 spiro atoms. The highest BCUT2D eigenvalue weighted by atomic mass is 79.9. The van der Waals surface area contributed by atoms with Crippen LogP contribution in [0.5, 0.6) is 0 Å². The molecule has 1 aromatic carbocycles. The minimum absolute atomic E-state index is 0.210. The Morgan fingerprint density at radius 1 is 1.29 bits per heavy atom. The Balaban J connectivity index is 2.39. The Hall–Kier alpha value is -0.600. The molecule has 0 amide bonds. The maximum atomic E-state index is 12.7. The van der Waals surface area contributed by atoms with Crippen LogP contribution >= 0.6 is 15.9 Å². The van der Waals surface area contributed by atoms with Crippen molar-refractivity contribution >= 4 is 26.0 Å². The van der Waals surface area contributed by atoms with E-state index in [0.29, 0.717) is 24.4 Å². The van der Waals surface area contributed by atoms with E-state index in [1.54, 1.807) is 0 Å². The SMILES string of the molecule is O=S(=O)(c1cccc(C(F)(F)F)c1)N1CCCCC1CBr. The second kappa shape index (κ2) is 6.26. The summed E-state index contributed by atoms with van der Waals surface area (Å²) in [5, 5.41) is 0.477. The van der Waals surface area contributed by atoms with Crippen LogP contribution in [0.3, 0.4) is 0 Å². The monoisotopic (exact) mass is 385 g/mol. The summed E-state index contributed by atoms with van der Waals surface area (Å²) in [6.45, 7) is 0.342. The highest BCUT2D eigenvalue weighted by molar-refractivity contribution is 9.09. The molecule has 21 heavy (non-hydrogen) atoms. The molecule has 0 aliphatic carbocycles. The topological polar surface area (TPSA) is 37.4 Å². The Morgan fingerprint density at radius 2 is 2.00 bits per heavy atom. The van der Waals surface area contributed by atoms with E-state index in [1.807, 2.05) is 0 Å². The minimum atomic E-state index is -4.55. The van der Waals surface area contributed by atoms with Gasteiger partial charge in [-0.05, 0) is 31.0 Å². The van der Waals surface area contributed by atoms with Crippen molar-refractivity contribution in [2.24, 2.45) is 0 Å². The molecule has 1 unspecified atom stereocenters. The Morgan fingerprint density at radius 3 is 2.62 bits per heavy atom. The number of alkyl halides is 4. The third-order valence-corrected chi connectivity index (χ3v) is 6.21. The zero-order chi connectivity index (χ0) is 15.7. The quantitative estimate of drug-likeness (QED) is 0.744. The van der Waals surface area contributed by atoms with Crippen LogP contribution in [-0.2, 0) is 16.2 Å². The van der Waals surface area contributed by atoms with Crippen molar-refractivity contribution in [2.45, 2.75) is 36.4 Å². The third-order valence-electron chi connectivity index (χ3n) is 3.52. The molecule has 0 saturated carbocycles. The second-order valence-corrected chi connectivity index (χ2v) is 7.48. The fourth-order valence-electron chi connectivity index (χ4n) is 2.41. The van der Waals surface area contributed by atoms with Crippen molar-refractivity contribution in [2.75, 3.05) is 11.9 Å². The van der Waals surface area contributed by atoms with Gasteiger partial charge in [-0.1, -0.05) is 28.4 Å². The predicted octanol–water partition coefficient (Wildman–Crippen LogP) is 3.64. The maximum Gasteiger partial charge on any atom is 0.416 e. The molecule has 0 radical (unpaired) electrons. The first kappa shape index (κ1) is 16.8. The maximum absolute atomic E-state index is 12.7. The highest BCUT2D eigenvalue weighted by Gasteiger charge is 2.35. The van der Waals surface area contributed by atoms with Gasteiger partial charge in [-0.2, -0.15) is 17.5 Å². The van der Waals surface area contributed by atoms with Gasteiger partial charge >= 0.3 is 6.18 Å². The molecule has 3 nitrogen and oxygen atoms in total. The zero-order valence-electron chi connectivity index (χ0n) is 11.1. The van der Waals surface area contributed by atoms with Crippen LogP contribution in [0.4, 0.5) is 13.2 Å². The fourth-order valence-corrected chi connectivity index (χ4v) is 5.02. The Kier molecular flexibility index (Phi) is 4.99. The van der Waals surface area contributed by atoms with E-state index in [4.69, 9.17) is 0 Å². The van der Waals surface area contributed by atoms with Crippen LogP contribution < -0.4 is 0 Å². The number of piperidine rings is 1. The second-order valence-electron chi connectivity index (χ2n) is 4.95. The molecule has 0 N–H and O–H groups in total. The summed E-state index contributed by atoms with van der Waals surface area (Å²) < 4.78 is 64.6. The molecular weight excluding hydrogens is 371 g/mol. The summed E-state index contributed by atoms with van der Waals surface area (Å²) in [6.07, 6.45) is -2.20. The Labute approximate surface area is 130 Å². The van der Waals surface area contributed by atoms with E-state index in [-0.39, 0.29) is 10.9 Å². The molecule has 8 heteroatoms. The van der Waals surface area contributed by atoms with Crippen molar-refractivity contribution in [1.29, 1.82) is 0 Å². The van der Waals surface area contributed by atoms with Crippen molar-refractivity contribution in [3.63, 3.8) is 0 Å². The summed E-state index contributed by atoms with van der Waals surface area (Å²) in [6, 6.07) is 3.71. The molecule has 0 aromatic heterocycles. The molecule has 1 aliphatic rings. The van der Waals surface area contributed by atoms with Crippen molar-refractivity contribution < 1.29 is 21.6 Å². The van der Waals surface area contributed by atoms with Crippen LogP contribution in [-0.4, -0.2) is 30.6 Å². The van der Waals surface area contributed by atoms with Gasteiger partial charge in [0.15, 0.2) is 0 Å². The van der Waals surface area contributed by atoms with E-state index in [0.717, 1.165) is 25.0 Å². The summed E-state index contributed by atoms with van der Waals surface area (Å²) in [5.74, 6) is 0. The van der Waals surface area contributed by atoms with Gasteiger partial charge in [0.1, 0.15) is 0 Å². The van der Waals surface area contributed by atoms with Crippen LogP contribution in [0.1, 0.15) is 24.8 Å². The molecule has 118 valence electrons. The van der Waals surface area contributed by atoms with Crippen LogP contribution in [0.2, 0.25) is 0 Å². The summed E-state index contributed by atoms with van der Waals surface area (Å²) in [7, 11) is -3.90. The molecule has 1 atom stereocenters. The van der Waals surface area contributed by atoms with Gasteiger partial charge in [-0.3, -0.25) is 0 Å². The summed E-state index contributed by atoms with van der Waals surface area (Å²) >= 11 is 3.28. The van der Waals surface area contributed by atoms with Gasteiger partial charge in [0.2, 0.25) is 10.0 Å². The van der Waals surface area contributed by atoms with E-state index < -0.39 is 21.8 Å². The minimum Gasteiger partial charge on any atom is -0.207 e. The predicted molar refractivity (Wildman–Crippen MR) is 76.8 cm³/mol. The normalized spacial score (nSPS) is 21.4. The van der Waals surface area contributed by atoms with Gasteiger partial charge in [0, 0.05) is 17.9 Å². The summed E-state index contributed by atoms with van der Waals surface area (Å²) in [5.41, 5.74) is -0.948. The molecule has 1 fully saturated rings. The largest absolute Gasteiger partial charge is 0.416 e. The lowest BCUT2D eigenvalue weighted by Crippen LogP contribution is -2.44. The number of halogens is 4. The molecule has 1 heterocycles. The number of hydrogen-bond acceptors (Lipinski definition) is 2. The third kappa shape index (κ3) is 3.60. The number of hydrogen-bond donors (Lipinski definition) is 0. The standard InChI is InChI=1S/C13H15BrF3NO2S/c14-9-11-5-1-2-7-18(11)21(19,20)12-6-3-4-10(8-12)13(15,16)17/h3-4,6,8,11H,1-2,5,7,9H2. The van der Waals surface area contributed by atoms with E-state index in [2.05, 4.69) is 15.9 Å². The molecule has 2 rings (SSSR count). The molecule has 0 bridgehead atoms. The van der Waals surface area contributed by atoms with Gasteiger partial charge in [0.05, 0.1) is 10.5 Å². The number of benzene rings is 1. The lowest BCUT2D eigenvalue weighted by atomic mass is 10.1.